The Morgan fingerprint density at radius 1 is 1.14 bits per heavy atom. The molecule has 0 N–H and O–H groups in total. The summed E-state index contributed by atoms with van der Waals surface area (Å²) in [5.74, 6) is -0.120. The molecular formula is C20H22ClNO6S. The van der Waals surface area contributed by atoms with E-state index in [-0.39, 0.29) is 36.8 Å². The van der Waals surface area contributed by atoms with Crippen molar-refractivity contribution in [3.8, 4) is 5.75 Å². The van der Waals surface area contributed by atoms with Crippen molar-refractivity contribution in [2.24, 2.45) is 0 Å². The fourth-order valence-electron chi connectivity index (χ4n) is 2.86. The Morgan fingerprint density at radius 2 is 1.86 bits per heavy atom. The summed E-state index contributed by atoms with van der Waals surface area (Å²) in [4.78, 5) is 12.5. The highest BCUT2D eigenvalue weighted by molar-refractivity contribution is 7.89. The van der Waals surface area contributed by atoms with Crippen LogP contribution in [-0.4, -0.2) is 58.2 Å². The molecule has 0 unspecified atom stereocenters. The van der Waals surface area contributed by atoms with Crippen LogP contribution in [0.5, 0.6) is 5.75 Å². The maximum absolute atomic E-state index is 12.9. The maximum Gasteiger partial charge on any atom is 0.338 e. The molecule has 1 aliphatic heterocycles. The summed E-state index contributed by atoms with van der Waals surface area (Å²) >= 11 is 6.00. The summed E-state index contributed by atoms with van der Waals surface area (Å²) in [5.41, 5.74) is 0.732. The van der Waals surface area contributed by atoms with Crippen LogP contribution in [-0.2, 0) is 19.5 Å². The first-order valence-corrected chi connectivity index (χ1v) is 10.9. The fourth-order valence-corrected chi connectivity index (χ4v) is 4.71. The lowest BCUT2D eigenvalue weighted by molar-refractivity contribution is 0.0450. The summed E-state index contributed by atoms with van der Waals surface area (Å²) in [6.07, 6.45) is 0. The van der Waals surface area contributed by atoms with Gasteiger partial charge in [-0.15, -0.1) is 0 Å². The molecule has 156 valence electrons. The van der Waals surface area contributed by atoms with Gasteiger partial charge in [-0.3, -0.25) is 0 Å². The minimum absolute atomic E-state index is 0.00345. The number of aryl methyl sites for hydroxylation is 1. The maximum atomic E-state index is 12.9. The van der Waals surface area contributed by atoms with E-state index >= 15 is 0 Å². The molecule has 1 saturated heterocycles. The number of ether oxygens (including phenoxy) is 3. The average Bonchev–Trinajstić information content (AvgIpc) is 2.73. The minimum atomic E-state index is -3.71. The first-order valence-electron chi connectivity index (χ1n) is 9.12. The molecule has 0 aliphatic carbocycles. The van der Waals surface area contributed by atoms with E-state index < -0.39 is 16.0 Å². The highest BCUT2D eigenvalue weighted by atomic mass is 35.5. The Labute approximate surface area is 175 Å². The fraction of sp³-hybridized carbons (Fsp3) is 0.350. The van der Waals surface area contributed by atoms with Gasteiger partial charge in [-0.2, -0.15) is 4.31 Å². The molecule has 0 spiro atoms. The van der Waals surface area contributed by atoms with Crippen LogP contribution in [0.25, 0.3) is 0 Å². The van der Waals surface area contributed by atoms with Crippen molar-refractivity contribution in [3.63, 3.8) is 0 Å². The van der Waals surface area contributed by atoms with Gasteiger partial charge in [0.2, 0.25) is 10.0 Å². The Balaban J connectivity index is 1.64. The molecule has 0 amide bonds. The number of carbonyl (C=O) groups excluding carboxylic acids is 1. The highest BCUT2D eigenvalue weighted by Gasteiger charge is 2.28. The summed E-state index contributed by atoms with van der Waals surface area (Å²) in [7, 11) is -3.71. The number of sulfonamides is 1. The van der Waals surface area contributed by atoms with Crippen LogP contribution < -0.4 is 4.74 Å². The van der Waals surface area contributed by atoms with Crippen LogP contribution in [0.3, 0.4) is 0 Å². The molecule has 1 aliphatic rings. The van der Waals surface area contributed by atoms with Crippen LogP contribution in [0.15, 0.2) is 47.4 Å². The zero-order chi connectivity index (χ0) is 20.9. The van der Waals surface area contributed by atoms with Gasteiger partial charge in [-0.05, 0) is 36.8 Å². The number of benzene rings is 2. The van der Waals surface area contributed by atoms with Crippen LogP contribution in [0.2, 0.25) is 5.02 Å². The van der Waals surface area contributed by atoms with Crippen LogP contribution >= 0.6 is 11.6 Å². The van der Waals surface area contributed by atoms with E-state index in [0.29, 0.717) is 29.5 Å². The Morgan fingerprint density at radius 3 is 2.59 bits per heavy atom. The number of hydrogen-bond acceptors (Lipinski definition) is 6. The molecule has 0 saturated carbocycles. The van der Waals surface area contributed by atoms with E-state index in [4.69, 9.17) is 25.8 Å². The zero-order valence-corrected chi connectivity index (χ0v) is 17.5. The predicted octanol–water partition coefficient (Wildman–Crippen LogP) is 2.91. The first-order chi connectivity index (χ1) is 13.9. The standard InChI is InChI=1S/C20H22ClNO6S/c1-15-6-7-16(14-19(15)29(24,25)22-8-10-26-11-9-22)20(23)28-13-12-27-18-5-3-2-4-17(18)21/h2-7,14H,8-13H2,1H3. The summed E-state index contributed by atoms with van der Waals surface area (Å²) in [5, 5.41) is 0.468. The third-order valence-corrected chi connectivity index (χ3v) is 6.78. The van der Waals surface area contributed by atoms with Crippen LogP contribution in [0.1, 0.15) is 15.9 Å². The molecule has 0 bridgehead atoms. The topological polar surface area (TPSA) is 82.1 Å². The smallest absolute Gasteiger partial charge is 0.338 e. The van der Waals surface area contributed by atoms with Gasteiger partial charge in [-0.25, -0.2) is 13.2 Å². The van der Waals surface area contributed by atoms with Gasteiger partial charge >= 0.3 is 5.97 Å². The molecule has 2 aromatic rings. The molecule has 9 heteroatoms. The van der Waals surface area contributed by atoms with Crippen LogP contribution in [0, 0.1) is 6.92 Å². The van der Waals surface area contributed by atoms with Gasteiger partial charge in [0, 0.05) is 13.1 Å². The molecule has 1 fully saturated rings. The van der Waals surface area contributed by atoms with Gasteiger partial charge < -0.3 is 14.2 Å². The molecule has 1 heterocycles. The molecule has 29 heavy (non-hydrogen) atoms. The zero-order valence-electron chi connectivity index (χ0n) is 16.0. The number of hydrogen-bond donors (Lipinski definition) is 0. The predicted molar refractivity (Wildman–Crippen MR) is 108 cm³/mol. The molecule has 2 aromatic carbocycles. The Kier molecular flexibility index (Phi) is 7.13. The summed E-state index contributed by atoms with van der Waals surface area (Å²) in [6.45, 7) is 3.10. The minimum Gasteiger partial charge on any atom is -0.488 e. The molecule has 0 atom stereocenters. The monoisotopic (exact) mass is 439 g/mol. The van der Waals surface area contributed by atoms with E-state index in [1.165, 1.54) is 10.4 Å². The molecule has 7 nitrogen and oxygen atoms in total. The number of halogens is 1. The van der Waals surface area contributed by atoms with Crippen molar-refractivity contribution in [2.45, 2.75) is 11.8 Å². The average molecular weight is 440 g/mol. The van der Waals surface area contributed by atoms with Gasteiger partial charge in [0.15, 0.2) is 0 Å². The van der Waals surface area contributed by atoms with Crippen molar-refractivity contribution < 1.29 is 27.4 Å². The largest absolute Gasteiger partial charge is 0.488 e. The van der Waals surface area contributed by atoms with Gasteiger partial charge in [0.05, 0.1) is 28.7 Å². The quantitative estimate of drug-likeness (QED) is 0.487. The van der Waals surface area contributed by atoms with Gasteiger partial charge in [-0.1, -0.05) is 29.8 Å². The lowest BCUT2D eigenvalue weighted by atomic mass is 10.1. The lowest BCUT2D eigenvalue weighted by Gasteiger charge is -2.26. The van der Waals surface area contributed by atoms with Crippen molar-refractivity contribution >= 4 is 27.6 Å². The number of esters is 1. The van der Waals surface area contributed by atoms with Gasteiger partial charge in [0.25, 0.3) is 0 Å². The van der Waals surface area contributed by atoms with E-state index in [9.17, 15) is 13.2 Å². The molecule has 0 aromatic heterocycles. The van der Waals surface area contributed by atoms with Crippen molar-refractivity contribution in [1.29, 1.82) is 0 Å². The third kappa shape index (κ3) is 5.27. The highest BCUT2D eigenvalue weighted by Crippen LogP contribution is 2.24. The number of carbonyl (C=O) groups is 1. The Hall–Kier alpha value is -2.13. The van der Waals surface area contributed by atoms with E-state index in [1.807, 2.05) is 0 Å². The van der Waals surface area contributed by atoms with Gasteiger partial charge in [0.1, 0.15) is 19.0 Å². The number of morpholine rings is 1. The lowest BCUT2D eigenvalue weighted by Crippen LogP contribution is -2.40. The summed E-state index contributed by atoms with van der Waals surface area (Å²) in [6, 6.07) is 11.5. The molecular weight excluding hydrogens is 418 g/mol. The number of nitrogens with zero attached hydrogens (tertiary/aromatic N) is 1. The van der Waals surface area contributed by atoms with Crippen molar-refractivity contribution in [3.05, 3.63) is 58.6 Å². The second-order valence-corrected chi connectivity index (χ2v) is 8.73. The first kappa shape index (κ1) is 21.6. The third-order valence-electron chi connectivity index (χ3n) is 4.42. The van der Waals surface area contributed by atoms with E-state index in [1.54, 1.807) is 43.3 Å². The van der Waals surface area contributed by atoms with E-state index in [2.05, 4.69) is 0 Å². The SMILES string of the molecule is Cc1ccc(C(=O)OCCOc2ccccc2Cl)cc1S(=O)(=O)N1CCOCC1. The van der Waals surface area contributed by atoms with Crippen molar-refractivity contribution in [1.82, 2.24) is 4.31 Å². The van der Waals surface area contributed by atoms with Crippen LogP contribution in [0.4, 0.5) is 0 Å². The number of para-hydroxylation sites is 1. The molecule has 0 radical (unpaired) electrons. The summed E-state index contributed by atoms with van der Waals surface area (Å²) < 4.78 is 43.1. The second-order valence-electron chi connectivity index (χ2n) is 6.41. The Bertz CT molecular complexity index is 973. The van der Waals surface area contributed by atoms with Crippen molar-refractivity contribution in [2.75, 3.05) is 39.5 Å². The molecule has 3 rings (SSSR count). The second kappa shape index (κ2) is 9.58. The number of rotatable bonds is 7. The van der Waals surface area contributed by atoms with E-state index in [0.717, 1.165) is 0 Å². The normalized spacial score (nSPS) is 15.1.